The molecule has 0 spiro atoms. The van der Waals surface area contributed by atoms with Crippen LogP contribution in [0.4, 0.5) is 0 Å². The van der Waals surface area contributed by atoms with Crippen LogP contribution in [-0.2, 0) is 25.4 Å². The summed E-state index contributed by atoms with van der Waals surface area (Å²) in [6.45, 7) is 2.68. The second-order valence-corrected chi connectivity index (χ2v) is 7.39. The summed E-state index contributed by atoms with van der Waals surface area (Å²) in [7, 11) is 0. The van der Waals surface area contributed by atoms with Gasteiger partial charge in [-0.2, -0.15) is 0 Å². The number of rotatable bonds is 6. The van der Waals surface area contributed by atoms with E-state index in [9.17, 15) is 4.79 Å². The van der Waals surface area contributed by atoms with E-state index < -0.39 is 23.2 Å². The van der Waals surface area contributed by atoms with E-state index in [0.717, 1.165) is 24.0 Å². The maximum absolute atomic E-state index is 13.3. The van der Waals surface area contributed by atoms with Crippen LogP contribution < -0.4 is 0 Å². The average molecular weight is 384 g/mol. The number of nitrogens with zero attached hydrogens (tertiary/aromatic N) is 1. The number of fused-ring (bicyclic) bond motifs is 2. The van der Waals surface area contributed by atoms with Gasteiger partial charge in [-0.25, -0.2) is 9.79 Å². The Hall–Kier alpha value is -2.17. The SMILES string of the molecule is CCCCO[C@H]1C[C@]2(c3ccccc3)OC(=O)[C@@]1(c1ccccc1)N=C2Cl. The highest BCUT2D eigenvalue weighted by Crippen LogP contribution is 2.53. The van der Waals surface area contributed by atoms with Crippen molar-refractivity contribution < 1.29 is 14.3 Å². The molecule has 27 heavy (non-hydrogen) atoms. The summed E-state index contributed by atoms with van der Waals surface area (Å²) in [5, 5.41) is 0.299. The van der Waals surface area contributed by atoms with Crippen LogP contribution in [0.25, 0.3) is 0 Å². The fourth-order valence-corrected chi connectivity index (χ4v) is 4.28. The Bertz CT molecular complexity index is 854. The van der Waals surface area contributed by atoms with Crippen LogP contribution >= 0.6 is 11.6 Å². The topological polar surface area (TPSA) is 47.9 Å². The van der Waals surface area contributed by atoms with E-state index in [1.54, 1.807) is 0 Å². The lowest BCUT2D eigenvalue weighted by molar-refractivity contribution is -0.192. The maximum atomic E-state index is 13.3. The Morgan fingerprint density at radius 3 is 2.37 bits per heavy atom. The second kappa shape index (κ2) is 7.10. The quantitative estimate of drug-likeness (QED) is 0.542. The lowest BCUT2D eigenvalue weighted by Gasteiger charge is -2.52. The molecule has 5 rings (SSSR count). The van der Waals surface area contributed by atoms with E-state index in [4.69, 9.17) is 26.1 Å². The number of halogens is 1. The molecule has 3 aliphatic rings. The molecule has 1 saturated heterocycles. The molecule has 5 heteroatoms. The van der Waals surface area contributed by atoms with Crippen LogP contribution in [-0.4, -0.2) is 23.9 Å². The summed E-state index contributed by atoms with van der Waals surface area (Å²) in [5.74, 6) is -0.408. The number of hydrogen-bond acceptors (Lipinski definition) is 4. The fourth-order valence-electron chi connectivity index (χ4n) is 3.92. The molecule has 0 saturated carbocycles. The number of carbonyl (C=O) groups excluding carboxylic acids is 1. The largest absolute Gasteiger partial charge is 0.444 e. The molecule has 0 aromatic heterocycles. The van der Waals surface area contributed by atoms with Gasteiger partial charge in [0.25, 0.3) is 0 Å². The maximum Gasteiger partial charge on any atom is 0.342 e. The third-order valence-electron chi connectivity index (χ3n) is 5.40. The molecule has 3 aliphatic heterocycles. The van der Waals surface area contributed by atoms with Gasteiger partial charge in [0.05, 0.1) is 0 Å². The highest BCUT2D eigenvalue weighted by atomic mass is 35.5. The number of carbonyl (C=O) groups is 1. The van der Waals surface area contributed by atoms with Crippen molar-refractivity contribution in [3.8, 4) is 0 Å². The zero-order valence-electron chi connectivity index (χ0n) is 15.2. The first kappa shape index (κ1) is 18.2. The zero-order valence-corrected chi connectivity index (χ0v) is 16.0. The lowest BCUT2D eigenvalue weighted by Crippen LogP contribution is -2.64. The van der Waals surface area contributed by atoms with Crippen LogP contribution in [0.1, 0.15) is 37.3 Å². The Morgan fingerprint density at radius 2 is 1.74 bits per heavy atom. The van der Waals surface area contributed by atoms with Gasteiger partial charge in [-0.05, 0) is 12.0 Å². The van der Waals surface area contributed by atoms with Gasteiger partial charge < -0.3 is 9.47 Å². The molecule has 4 nitrogen and oxygen atoms in total. The van der Waals surface area contributed by atoms with Crippen molar-refractivity contribution in [1.82, 2.24) is 0 Å². The van der Waals surface area contributed by atoms with E-state index in [0.29, 0.717) is 18.2 Å². The van der Waals surface area contributed by atoms with Crippen LogP contribution in [0, 0.1) is 0 Å². The first-order valence-electron chi connectivity index (χ1n) is 9.35. The molecule has 0 aliphatic carbocycles. The summed E-state index contributed by atoms with van der Waals surface area (Å²) in [5.41, 5.74) is -0.760. The average Bonchev–Trinajstić information content (AvgIpc) is 2.71. The molecule has 3 heterocycles. The molecule has 0 unspecified atom stereocenters. The van der Waals surface area contributed by atoms with Crippen LogP contribution in [0.3, 0.4) is 0 Å². The number of aliphatic imine (C=N–C) groups is 1. The zero-order chi connectivity index (χ0) is 18.9. The Kier molecular flexibility index (Phi) is 4.79. The minimum atomic E-state index is -1.25. The van der Waals surface area contributed by atoms with E-state index in [1.165, 1.54) is 0 Å². The molecular formula is C22H22ClNO3. The first-order chi connectivity index (χ1) is 13.1. The predicted molar refractivity (Wildman–Crippen MR) is 105 cm³/mol. The number of ether oxygens (including phenoxy) is 2. The number of esters is 1. The van der Waals surface area contributed by atoms with Crippen LogP contribution in [0.5, 0.6) is 0 Å². The van der Waals surface area contributed by atoms with E-state index in [-0.39, 0.29) is 0 Å². The van der Waals surface area contributed by atoms with E-state index in [2.05, 4.69) is 6.92 Å². The molecule has 2 aromatic rings. The third kappa shape index (κ3) is 2.79. The highest BCUT2D eigenvalue weighted by molar-refractivity contribution is 6.67. The molecule has 0 N–H and O–H groups in total. The molecule has 140 valence electrons. The third-order valence-corrected chi connectivity index (χ3v) is 5.79. The number of hydrogen-bond donors (Lipinski definition) is 0. The van der Waals surface area contributed by atoms with Crippen molar-refractivity contribution in [2.45, 2.75) is 43.4 Å². The molecular weight excluding hydrogens is 362 g/mol. The van der Waals surface area contributed by atoms with Crippen molar-refractivity contribution >= 4 is 22.7 Å². The van der Waals surface area contributed by atoms with Crippen molar-refractivity contribution in [2.75, 3.05) is 6.61 Å². The van der Waals surface area contributed by atoms with Gasteiger partial charge in [-0.15, -0.1) is 0 Å². The first-order valence-corrected chi connectivity index (χ1v) is 9.73. The monoisotopic (exact) mass is 383 g/mol. The normalized spacial score (nSPS) is 29.3. The Labute approximate surface area is 164 Å². The van der Waals surface area contributed by atoms with E-state index >= 15 is 0 Å². The summed E-state index contributed by atoms with van der Waals surface area (Å²) < 4.78 is 12.2. The number of unbranched alkanes of at least 4 members (excludes halogenated alkanes) is 1. The van der Waals surface area contributed by atoms with Gasteiger partial charge in [0, 0.05) is 18.6 Å². The summed E-state index contributed by atoms with van der Waals surface area (Å²) >= 11 is 6.65. The van der Waals surface area contributed by atoms with Gasteiger partial charge >= 0.3 is 5.97 Å². The van der Waals surface area contributed by atoms with Crippen molar-refractivity contribution in [1.29, 1.82) is 0 Å². The fraction of sp³-hybridized carbons (Fsp3) is 0.364. The summed E-state index contributed by atoms with van der Waals surface area (Å²) in [6, 6.07) is 19.0. The molecule has 3 atom stereocenters. The molecule has 0 amide bonds. The van der Waals surface area contributed by atoms with Gasteiger partial charge in [0.1, 0.15) is 6.10 Å². The standard InChI is InChI=1S/C22H22ClNO3/c1-2-3-14-26-18-15-21(16-10-6-4-7-11-16)19(23)24-22(18,20(25)27-21)17-12-8-5-9-13-17/h4-13,18H,2-3,14-15H2,1H3/t18-,21+,22-/m0/s1. The molecule has 0 radical (unpaired) electrons. The number of benzene rings is 2. The van der Waals surface area contributed by atoms with Gasteiger partial charge in [0.15, 0.2) is 10.8 Å². The lowest BCUT2D eigenvalue weighted by atomic mass is 9.71. The van der Waals surface area contributed by atoms with Crippen LogP contribution in [0.2, 0.25) is 0 Å². The van der Waals surface area contributed by atoms with Gasteiger partial charge in [-0.3, -0.25) is 0 Å². The molecule has 2 bridgehead atoms. The van der Waals surface area contributed by atoms with Gasteiger partial charge in [-0.1, -0.05) is 85.6 Å². The summed E-state index contributed by atoms with van der Waals surface area (Å²) in [4.78, 5) is 18.0. The van der Waals surface area contributed by atoms with Gasteiger partial charge in [0.2, 0.25) is 5.54 Å². The summed E-state index contributed by atoms with van der Waals surface area (Å²) in [6.07, 6.45) is 1.95. The van der Waals surface area contributed by atoms with Crippen molar-refractivity contribution in [3.63, 3.8) is 0 Å². The highest BCUT2D eigenvalue weighted by Gasteiger charge is 2.65. The van der Waals surface area contributed by atoms with Crippen molar-refractivity contribution in [2.24, 2.45) is 4.99 Å². The smallest absolute Gasteiger partial charge is 0.342 e. The minimum absolute atomic E-state index is 0.299. The van der Waals surface area contributed by atoms with E-state index in [1.807, 2.05) is 60.7 Å². The molecule has 1 fully saturated rings. The molecule has 2 aromatic carbocycles. The van der Waals surface area contributed by atoms with Crippen molar-refractivity contribution in [3.05, 3.63) is 71.8 Å². The minimum Gasteiger partial charge on any atom is -0.444 e. The Morgan fingerprint density at radius 1 is 1.11 bits per heavy atom. The Balaban J connectivity index is 1.85. The van der Waals surface area contributed by atoms with Crippen LogP contribution in [0.15, 0.2) is 65.7 Å². The predicted octanol–water partition coefficient (Wildman–Crippen LogP) is 4.56. The second-order valence-electron chi connectivity index (χ2n) is 7.03.